The van der Waals surface area contributed by atoms with E-state index in [1.165, 1.54) is 0 Å². The van der Waals surface area contributed by atoms with E-state index in [4.69, 9.17) is 0 Å². The molecular weight excluding hydrogens is 252 g/mol. The minimum absolute atomic E-state index is 0.260. The number of carbonyl (C=O) groups is 1. The summed E-state index contributed by atoms with van der Waals surface area (Å²) < 4.78 is 1.99. The summed E-state index contributed by atoms with van der Waals surface area (Å²) in [6.45, 7) is 0. The summed E-state index contributed by atoms with van der Waals surface area (Å²) >= 11 is 0. The fourth-order valence-corrected chi connectivity index (χ4v) is 1.91. The Balaban J connectivity index is 1.74. The molecule has 0 atom stereocenters. The molecule has 5 nitrogen and oxygen atoms in total. The molecule has 3 aromatic heterocycles. The number of nitrogens with zero attached hydrogens (tertiary/aromatic N) is 3. The highest BCUT2D eigenvalue weighted by Crippen LogP contribution is 2.07. The molecule has 3 rings (SSSR count). The van der Waals surface area contributed by atoms with Crippen molar-refractivity contribution in [3.05, 3.63) is 72.3 Å². The maximum absolute atomic E-state index is 11.8. The Hall–Kier alpha value is -2.95. The van der Waals surface area contributed by atoms with E-state index in [1.54, 1.807) is 30.7 Å². The van der Waals surface area contributed by atoms with Crippen LogP contribution < -0.4 is 5.43 Å². The van der Waals surface area contributed by atoms with Crippen molar-refractivity contribution in [2.45, 2.75) is 0 Å². The molecule has 0 aromatic carbocycles. The SMILES string of the molecule is O=C(NN=Cc1ccc2ccccn12)c1ccncc1. The average molecular weight is 264 g/mol. The van der Waals surface area contributed by atoms with Crippen LogP contribution in [0.15, 0.2) is 66.2 Å². The maximum atomic E-state index is 11.8. The molecular formula is C15H12N4O. The molecule has 0 aliphatic rings. The summed E-state index contributed by atoms with van der Waals surface area (Å²) in [4.78, 5) is 15.6. The second kappa shape index (κ2) is 5.36. The fourth-order valence-electron chi connectivity index (χ4n) is 1.91. The van der Waals surface area contributed by atoms with Crippen molar-refractivity contribution in [2.75, 3.05) is 0 Å². The van der Waals surface area contributed by atoms with Crippen LogP contribution in [0.4, 0.5) is 0 Å². The standard InChI is InChI=1S/C15H12N4O/c20-15(12-6-8-16-9-7-12)18-17-11-14-5-4-13-3-1-2-10-19(13)14/h1-11H,(H,18,20). The molecule has 3 aromatic rings. The van der Waals surface area contributed by atoms with Gasteiger partial charge in [-0.1, -0.05) is 6.07 Å². The van der Waals surface area contributed by atoms with Crippen molar-refractivity contribution >= 4 is 17.6 Å². The van der Waals surface area contributed by atoms with Crippen LogP contribution in [0.3, 0.4) is 0 Å². The quantitative estimate of drug-likeness (QED) is 0.581. The van der Waals surface area contributed by atoms with Gasteiger partial charge in [0.15, 0.2) is 0 Å². The second-order valence-corrected chi connectivity index (χ2v) is 4.19. The van der Waals surface area contributed by atoms with Crippen molar-refractivity contribution in [1.29, 1.82) is 0 Å². The van der Waals surface area contributed by atoms with Gasteiger partial charge in [0, 0.05) is 29.7 Å². The lowest BCUT2D eigenvalue weighted by molar-refractivity contribution is 0.0955. The predicted molar refractivity (Wildman–Crippen MR) is 76.7 cm³/mol. The minimum atomic E-state index is -0.260. The van der Waals surface area contributed by atoms with Crippen LogP contribution in [-0.4, -0.2) is 21.5 Å². The lowest BCUT2D eigenvalue weighted by atomic mass is 10.3. The first kappa shape index (κ1) is 12.1. The highest BCUT2D eigenvalue weighted by molar-refractivity contribution is 5.94. The molecule has 0 bridgehead atoms. The first-order valence-corrected chi connectivity index (χ1v) is 6.14. The largest absolute Gasteiger partial charge is 0.316 e. The summed E-state index contributed by atoms with van der Waals surface area (Å²) in [5, 5.41) is 3.97. The van der Waals surface area contributed by atoms with Gasteiger partial charge in [-0.2, -0.15) is 5.10 Å². The van der Waals surface area contributed by atoms with E-state index < -0.39 is 0 Å². The molecule has 0 fully saturated rings. The fraction of sp³-hybridized carbons (Fsp3) is 0. The number of hydrogen-bond acceptors (Lipinski definition) is 3. The van der Waals surface area contributed by atoms with Gasteiger partial charge in [0.2, 0.25) is 0 Å². The Bertz CT molecular complexity index is 762. The van der Waals surface area contributed by atoms with E-state index >= 15 is 0 Å². The highest BCUT2D eigenvalue weighted by Gasteiger charge is 2.02. The number of pyridine rings is 2. The molecule has 0 aliphatic heterocycles. The molecule has 0 radical (unpaired) electrons. The highest BCUT2D eigenvalue weighted by atomic mass is 16.2. The Morgan fingerprint density at radius 3 is 2.85 bits per heavy atom. The van der Waals surface area contributed by atoms with Crippen molar-refractivity contribution in [3.8, 4) is 0 Å². The Morgan fingerprint density at radius 2 is 2.00 bits per heavy atom. The number of nitrogens with one attached hydrogen (secondary N) is 1. The Morgan fingerprint density at radius 1 is 1.15 bits per heavy atom. The van der Waals surface area contributed by atoms with Gasteiger partial charge in [0.1, 0.15) is 0 Å². The summed E-state index contributed by atoms with van der Waals surface area (Å²) in [7, 11) is 0. The molecule has 0 saturated carbocycles. The van der Waals surface area contributed by atoms with Gasteiger partial charge < -0.3 is 4.40 Å². The normalized spacial score (nSPS) is 11.0. The molecule has 1 N–H and O–H groups in total. The zero-order valence-corrected chi connectivity index (χ0v) is 10.6. The summed E-state index contributed by atoms with van der Waals surface area (Å²) in [5.41, 5.74) is 4.99. The first-order valence-electron chi connectivity index (χ1n) is 6.14. The average Bonchev–Trinajstić information content (AvgIpc) is 2.92. The summed E-state index contributed by atoms with van der Waals surface area (Å²) in [5.74, 6) is -0.260. The first-order chi connectivity index (χ1) is 9.84. The van der Waals surface area contributed by atoms with Gasteiger partial charge in [0.05, 0.1) is 11.9 Å². The lowest BCUT2D eigenvalue weighted by Crippen LogP contribution is -2.17. The maximum Gasteiger partial charge on any atom is 0.271 e. The molecule has 0 spiro atoms. The van der Waals surface area contributed by atoms with Crippen molar-refractivity contribution in [3.63, 3.8) is 0 Å². The molecule has 98 valence electrons. The van der Waals surface area contributed by atoms with Crippen LogP contribution in [0.2, 0.25) is 0 Å². The lowest BCUT2D eigenvalue weighted by Gasteiger charge is -1.99. The molecule has 0 aliphatic carbocycles. The Kier molecular flexibility index (Phi) is 3.24. The van der Waals surface area contributed by atoms with E-state index in [9.17, 15) is 4.79 Å². The van der Waals surface area contributed by atoms with Gasteiger partial charge in [-0.05, 0) is 36.4 Å². The molecule has 1 amide bonds. The summed E-state index contributed by atoms with van der Waals surface area (Å²) in [6.07, 6.45) is 6.70. The second-order valence-electron chi connectivity index (χ2n) is 4.19. The topological polar surface area (TPSA) is 58.8 Å². The van der Waals surface area contributed by atoms with Crippen LogP contribution >= 0.6 is 0 Å². The third kappa shape index (κ3) is 2.42. The van der Waals surface area contributed by atoms with Gasteiger partial charge in [-0.15, -0.1) is 0 Å². The zero-order valence-electron chi connectivity index (χ0n) is 10.6. The van der Waals surface area contributed by atoms with E-state index in [1.807, 2.05) is 40.9 Å². The van der Waals surface area contributed by atoms with Crippen molar-refractivity contribution in [2.24, 2.45) is 5.10 Å². The molecule has 3 heterocycles. The number of rotatable bonds is 3. The van der Waals surface area contributed by atoms with Gasteiger partial charge in [0.25, 0.3) is 5.91 Å². The molecule has 5 heteroatoms. The van der Waals surface area contributed by atoms with E-state index in [-0.39, 0.29) is 5.91 Å². The monoisotopic (exact) mass is 264 g/mol. The minimum Gasteiger partial charge on any atom is -0.316 e. The van der Waals surface area contributed by atoms with E-state index in [0.29, 0.717) is 5.56 Å². The van der Waals surface area contributed by atoms with Crippen LogP contribution in [0.1, 0.15) is 16.1 Å². The molecule has 20 heavy (non-hydrogen) atoms. The number of fused-ring (bicyclic) bond motifs is 1. The number of aromatic nitrogens is 2. The third-order valence-electron chi connectivity index (χ3n) is 2.90. The van der Waals surface area contributed by atoms with Gasteiger partial charge >= 0.3 is 0 Å². The Labute approximate surface area is 115 Å². The smallest absolute Gasteiger partial charge is 0.271 e. The number of carbonyl (C=O) groups excluding carboxylic acids is 1. The van der Waals surface area contributed by atoms with Crippen LogP contribution in [0, 0.1) is 0 Å². The number of amides is 1. The van der Waals surface area contributed by atoms with Crippen LogP contribution in [-0.2, 0) is 0 Å². The third-order valence-corrected chi connectivity index (χ3v) is 2.90. The van der Waals surface area contributed by atoms with Gasteiger partial charge in [-0.25, -0.2) is 5.43 Å². The summed E-state index contributed by atoms with van der Waals surface area (Å²) in [6, 6.07) is 13.1. The van der Waals surface area contributed by atoms with E-state index in [2.05, 4.69) is 15.5 Å². The number of hydrazone groups is 1. The van der Waals surface area contributed by atoms with E-state index in [0.717, 1.165) is 11.2 Å². The van der Waals surface area contributed by atoms with Gasteiger partial charge in [-0.3, -0.25) is 9.78 Å². The molecule has 0 saturated heterocycles. The number of hydrogen-bond donors (Lipinski definition) is 1. The zero-order chi connectivity index (χ0) is 13.8. The van der Waals surface area contributed by atoms with Crippen molar-refractivity contribution in [1.82, 2.24) is 14.8 Å². The van der Waals surface area contributed by atoms with Crippen LogP contribution in [0.25, 0.3) is 5.52 Å². The van der Waals surface area contributed by atoms with Crippen LogP contribution in [0.5, 0.6) is 0 Å². The van der Waals surface area contributed by atoms with Crippen molar-refractivity contribution < 1.29 is 4.79 Å². The predicted octanol–water partition coefficient (Wildman–Crippen LogP) is 2.10. The molecule has 0 unspecified atom stereocenters.